The molecule has 1 rings (SSSR count). The van der Waals surface area contributed by atoms with Crippen LogP contribution in [-0.2, 0) is 19.1 Å². The highest BCUT2D eigenvalue weighted by Crippen LogP contribution is 2.24. The molecule has 0 aliphatic rings. The van der Waals surface area contributed by atoms with Gasteiger partial charge in [-0.1, -0.05) is 27.5 Å². The Morgan fingerprint density at radius 1 is 1.22 bits per heavy atom. The van der Waals surface area contributed by atoms with Crippen LogP contribution in [0.1, 0.15) is 0 Å². The minimum atomic E-state index is -3.86. The molecule has 5 nitrogen and oxygen atoms in total. The summed E-state index contributed by atoms with van der Waals surface area (Å²) >= 11 is 8.93. The Bertz CT molecular complexity index is 645. The smallest absolute Gasteiger partial charge is 0.212 e. The summed E-state index contributed by atoms with van der Waals surface area (Å²) in [5, 5.41) is 0.0330. The van der Waals surface area contributed by atoms with E-state index in [1.807, 2.05) is 0 Å². The maximum Gasteiger partial charge on any atom is 0.242 e. The summed E-state index contributed by atoms with van der Waals surface area (Å²) in [6.07, 6.45) is 0. The highest BCUT2D eigenvalue weighted by atomic mass is 79.9. The van der Waals surface area contributed by atoms with Crippen molar-refractivity contribution in [3.63, 3.8) is 0 Å². The van der Waals surface area contributed by atoms with E-state index in [9.17, 15) is 16.8 Å². The van der Waals surface area contributed by atoms with Gasteiger partial charge in [-0.2, -0.15) is 0 Å². The second-order valence-corrected chi connectivity index (χ2v) is 9.17. The molecule has 0 saturated carbocycles. The van der Waals surface area contributed by atoms with Crippen LogP contribution in [0.2, 0.25) is 5.02 Å². The van der Waals surface area contributed by atoms with Gasteiger partial charge in [-0.15, -0.1) is 0 Å². The van der Waals surface area contributed by atoms with Crippen molar-refractivity contribution in [2.24, 2.45) is 0 Å². The summed E-state index contributed by atoms with van der Waals surface area (Å²) in [6, 6.07) is 4.25. The summed E-state index contributed by atoms with van der Waals surface area (Å²) in [6.45, 7) is -0.319. The van der Waals surface area contributed by atoms with Crippen LogP contribution in [0.25, 0.3) is 0 Å². The topological polar surface area (TPSA) is 80.3 Å². The van der Waals surface area contributed by atoms with Crippen LogP contribution in [0, 0.1) is 0 Å². The van der Waals surface area contributed by atoms with Crippen molar-refractivity contribution < 1.29 is 16.8 Å². The molecule has 0 unspecified atom stereocenters. The Morgan fingerprint density at radius 2 is 1.83 bits per heavy atom. The molecule has 0 aromatic heterocycles. The fourth-order valence-corrected chi connectivity index (χ4v) is 3.84. The van der Waals surface area contributed by atoms with Crippen LogP contribution in [-0.4, -0.2) is 29.1 Å². The molecule has 10 heteroatoms. The van der Waals surface area contributed by atoms with E-state index in [1.165, 1.54) is 18.2 Å². The number of halogens is 3. The molecule has 0 saturated heterocycles. The van der Waals surface area contributed by atoms with Crippen LogP contribution in [0.15, 0.2) is 27.6 Å². The normalized spacial score (nSPS) is 12.6. The molecule has 0 aliphatic carbocycles. The van der Waals surface area contributed by atoms with Crippen molar-refractivity contribution in [1.82, 2.24) is 4.72 Å². The van der Waals surface area contributed by atoms with Gasteiger partial charge in [0.25, 0.3) is 0 Å². The lowest BCUT2D eigenvalue weighted by molar-refractivity contribution is 0.583. The number of nitrogens with one attached hydrogen (secondary N) is 1. The van der Waals surface area contributed by atoms with Gasteiger partial charge >= 0.3 is 0 Å². The maximum absolute atomic E-state index is 11.8. The van der Waals surface area contributed by atoms with E-state index < -0.39 is 24.8 Å². The Kier molecular flexibility index (Phi) is 5.45. The quantitative estimate of drug-likeness (QED) is 0.771. The number of benzene rings is 1. The highest BCUT2D eigenvalue weighted by molar-refractivity contribution is 9.10. The van der Waals surface area contributed by atoms with Crippen molar-refractivity contribution in [3.8, 4) is 0 Å². The first-order valence-corrected chi connectivity index (χ1v) is 9.62. The third kappa shape index (κ3) is 5.02. The van der Waals surface area contributed by atoms with E-state index >= 15 is 0 Å². The fourth-order valence-electron chi connectivity index (χ4n) is 1.07. The Balaban J connectivity index is 2.87. The molecule has 0 atom stereocenters. The number of hydrogen-bond donors (Lipinski definition) is 1. The minimum absolute atomic E-state index is 0.0330. The maximum atomic E-state index is 11.8. The van der Waals surface area contributed by atoms with Gasteiger partial charge in [-0.05, 0) is 18.2 Å². The summed E-state index contributed by atoms with van der Waals surface area (Å²) in [5.41, 5.74) is 0. The van der Waals surface area contributed by atoms with Crippen molar-refractivity contribution in [3.05, 3.63) is 27.7 Å². The van der Waals surface area contributed by atoms with Crippen molar-refractivity contribution in [1.29, 1.82) is 0 Å². The van der Waals surface area contributed by atoms with Gasteiger partial charge in [-0.25, -0.2) is 21.6 Å². The lowest BCUT2D eigenvalue weighted by Crippen LogP contribution is -2.28. The van der Waals surface area contributed by atoms with E-state index in [1.54, 1.807) is 0 Å². The molecule has 102 valence electrons. The molecule has 0 aliphatic heterocycles. The average Bonchev–Trinajstić information content (AvgIpc) is 2.13. The molecule has 0 amide bonds. The molecular weight excluding hydrogens is 389 g/mol. The number of rotatable bonds is 5. The molecule has 0 heterocycles. The van der Waals surface area contributed by atoms with Crippen molar-refractivity contribution in [2.75, 3.05) is 12.3 Å². The van der Waals surface area contributed by atoms with Crippen LogP contribution in [0.5, 0.6) is 0 Å². The predicted molar refractivity (Wildman–Crippen MR) is 74.0 cm³/mol. The van der Waals surface area contributed by atoms with Crippen LogP contribution >= 0.6 is 38.2 Å². The Morgan fingerprint density at radius 3 is 2.33 bits per heavy atom. The monoisotopic (exact) mass is 395 g/mol. The summed E-state index contributed by atoms with van der Waals surface area (Å²) in [4.78, 5) is -0.126. The van der Waals surface area contributed by atoms with Crippen LogP contribution in [0.3, 0.4) is 0 Å². The molecule has 0 radical (unpaired) electrons. The molecule has 18 heavy (non-hydrogen) atoms. The zero-order chi connectivity index (χ0) is 14.0. The summed E-state index contributed by atoms with van der Waals surface area (Å²) in [7, 11) is -2.63. The van der Waals surface area contributed by atoms with Gasteiger partial charge in [0.15, 0.2) is 0 Å². The Hall–Kier alpha value is 0.140. The molecule has 1 aromatic rings. The zero-order valence-corrected chi connectivity index (χ0v) is 13.5. The minimum Gasteiger partial charge on any atom is -0.212 e. The molecule has 0 spiro atoms. The van der Waals surface area contributed by atoms with Gasteiger partial charge < -0.3 is 0 Å². The van der Waals surface area contributed by atoms with Crippen LogP contribution < -0.4 is 4.72 Å². The first-order valence-electron chi connectivity index (χ1n) is 4.49. The highest BCUT2D eigenvalue weighted by Gasteiger charge is 2.18. The first-order chi connectivity index (χ1) is 8.12. The Labute approximate surface area is 123 Å². The van der Waals surface area contributed by atoms with E-state index in [0.717, 1.165) is 0 Å². The third-order valence-corrected chi connectivity index (χ3v) is 5.41. The molecule has 1 aromatic carbocycles. The lowest BCUT2D eigenvalue weighted by atomic mass is 10.4. The third-order valence-electron chi connectivity index (χ3n) is 1.82. The zero-order valence-electron chi connectivity index (χ0n) is 8.73. The van der Waals surface area contributed by atoms with E-state index in [2.05, 4.69) is 20.7 Å². The van der Waals surface area contributed by atoms with Crippen LogP contribution in [0.4, 0.5) is 0 Å². The second-order valence-electron chi connectivity index (χ2n) is 3.22. The first kappa shape index (κ1) is 16.2. The molecule has 1 N–H and O–H groups in total. The van der Waals surface area contributed by atoms with E-state index in [-0.39, 0.29) is 16.5 Å². The van der Waals surface area contributed by atoms with Crippen molar-refractivity contribution >= 4 is 57.3 Å². The SMILES string of the molecule is O=S(=O)(Cl)CCNS(=O)(=O)c1ccc(Br)cc1Cl. The fraction of sp³-hybridized carbons (Fsp3) is 0.250. The van der Waals surface area contributed by atoms with Gasteiger partial charge in [0.05, 0.1) is 10.8 Å². The van der Waals surface area contributed by atoms with Gasteiger partial charge in [-0.3, -0.25) is 0 Å². The largest absolute Gasteiger partial charge is 0.242 e. The lowest BCUT2D eigenvalue weighted by Gasteiger charge is -2.07. The van der Waals surface area contributed by atoms with E-state index in [0.29, 0.717) is 4.47 Å². The second kappa shape index (κ2) is 6.06. The van der Waals surface area contributed by atoms with Gasteiger partial charge in [0.1, 0.15) is 4.90 Å². The van der Waals surface area contributed by atoms with Gasteiger partial charge in [0, 0.05) is 21.7 Å². The molecule has 0 bridgehead atoms. The average molecular weight is 397 g/mol. The van der Waals surface area contributed by atoms with Gasteiger partial charge in [0.2, 0.25) is 19.1 Å². The molecular formula is C8H8BrCl2NO4S2. The summed E-state index contributed by atoms with van der Waals surface area (Å²) < 4.78 is 47.7. The molecule has 0 fully saturated rings. The number of sulfonamides is 1. The number of hydrogen-bond acceptors (Lipinski definition) is 4. The standard InChI is InChI=1S/C8H8BrCl2NO4S2/c9-6-1-2-8(7(10)5-6)18(15,16)12-3-4-17(11,13)14/h1-2,5,12H,3-4H2. The van der Waals surface area contributed by atoms with Crippen molar-refractivity contribution in [2.45, 2.75) is 4.90 Å². The predicted octanol–water partition coefficient (Wildman–Crippen LogP) is 1.95. The van der Waals surface area contributed by atoms with E-state index in [4.69, 9.17) is 22.3 Å². The summed E-state index contributed by atoms with van der Waals surface area (Å²) in [5.74, 6) is -0.498.